The van der Waals surface area contributed by atoms with Crippen molar-refractivity contribution in [2.45, 2.75) is 18.8 Å². The van der Waals surface area contributed by atoms with Crippen LogP contribution in [0.25, 0.3) is 28.1 Å². The number of H-pyrrole nitrogens is 1. The Labute approximate surface area is 181 Å². The summed E-state index contributed by atoms with van der Waals surface area (Å²) in [5.41, 5.74) is 2.71. The zero-order valence-electron chi connectivity index (χ0n) is 16.8. The Morgan fingerprint density at radius 2 is 2.03 bits per heavy atom. The maximum Gasteiger partial charge on any atom is 0.255 e. The van der Waals surface area contributed by atoms with Crippen LogP contribution >= 0.6 is 0 Å². The summed E-state index contributed by atoms with van der Waals surface area (Å²) in [5, 5.41) is 18.0. The third kappa shape index (κ3) is 3.47. The van der Waals surface area contributed by atoms with Gasteiger partial charge in [-0.05, 0) is 18.2 Å². The number of hydrogen-bond acceptors (Lipinski definition) is 5. The molecule has 0 spiro atoms. The number of nitrogens with one attached hydrogen (secondary N) is 1. The van der Waals surface area contributed by atoms with Crippen LogP contribution in [0.2, 0.25) is 0 Å². The van der Waals surface area contributed by atoms with Gasteiger partial charge in [0.15, 0.2) is 5.82 Å². The molecule has 5 rings (SSSR count). The highest BCUT2D eigenvalue weighted by atomic mass is 19.3. The normalized spacial score (nSPS) is 15.6. The molecule has 0 bridgehead atoms. The molecule has 1 aliphatic rings. The zero-order valence-corrected chi connectivity index (χ0v) is 16.8. The third-order valence-corrected chi connectivity index (χ3v) is 5.61. The summed E-state index contributed by atoms with van der Waals surface area (Å²) in [6.45, 7) is -0.0190. The van der Waals surface area contributed by atoms with E-state index < -0.39 is 5.92 Å². The monoisotopic (exact) mass is 433 g/mol. The van der Waals surface area contributed by atoms with E-state index in [1.165, 1.54) is 17.4 Å². The van der Waals surface area contributed by atoms with E-state index in [0.29, 0.717) is 22.4 Å². The first-order chi connectivity index (χ1) is 15.4. The molecular formula is C22H17F2N7O. The second-order valence-electron chi connectivity index (χ2n) is 7.66. The highest BCUT2D eigenvalue weighted by molar-refractivity contribution is 5.98. The van der Waals surface area contributed by atoms with Gasteiger partial charge in [0.2, 0.25) is 0 Å². The first-order valence-electron chi connectivity index (χ1n) is 10.0. The number of aromatic nitrogens is 5. The SMILES string of the molecule is N#Cc1cn(-c2cccc(-c3nnc[nH]3)c2)c2ncc(C(=O)N3CCC(F)(F)CC3)cc12. The van der Waals surface area contributed by atoms with E-state index in [9.17, 15) is 18.8 Å². The van der Waals surface area contributed by atoms with Gasteiger partial charge in [0.25, 0.3) is 11.8 Å². The number of pyridine rings is 1. The minimum atomic E-state index is -2.73. The molecule has 0 unspecified atom stereocenters. The first kappa shape index (κ1) is 19.8. The fraction of sp³-hybridized carbons (Fsp3) is 0.227. The molecule has 3 aromatic heterocycles. The van der Waals surface area contributed by atoms with Crippen molar-refractivity contribution in [3.63, 3.8) is 0 Å². The topological polar surface area (TPSA) is 103 Å². The van der Waals surface area contributed by atoms with Crippen LogP contribution in [-0.2, 0) is 0 Å². The van der Waals surface area contributed by atoms with Crippen LogP contribution in [0.15, 0.2) is 49.1 Å². The molecule has 32 heavy (non-hydrogen) atoms. The molecule has 1 saturated heterocycles. The molecule has 0 radical (unpaired) electrons. The number of piperidine rings is 1. The lowest BCUT2D eigenvalue weighted by Crippen LogP contribution is -2.42. The summed E-state index contributed by atoms with van der Waals surface area (Å²) in [6, 6.07) is 11.2. The molecule has 160 valence electrons. The number of hydrogen-bond donors (Lipinski definition) is 1. The Kier molecular flexibility index (Phi) is 4.66. The van der Waals surface area contributed by atoms with Crippen LogP contribution in [0, 0.1) is 11.3 Å². The molecule has 1 amide bonds. The molecule has 0 saturated carbocycles. The van der Waals surface area contributed by atoms with Gasteiger partial charge in [-0.1, -0.05) is 12.1 Å². The molecule has 1 aromatic carbocycles. The lowest BCUT2D eigenvalue weighted by Gasteiger charge is -2.31. The fourth-order valence-electron chi connectivity index (χ4n) is 3.88. The van der Waals surface area contributed by atoms with Crippen LogP contribution in [0.5, 0.6) is 0 Å². The van der Waals surface area contributed by atoms with Crippen LogP contribution < -0.4 is 0 Å². The number of nitriles is 1. The second-order valence-corrected chi connectivity index (χ2v) is 7.66. The Morgan fingerprint density at radius 1 is 1.22 bits per heavy atom. The molecule has 1 N–H and O–H groups in total. The Hall–Kier alpha value is -4.13. The van der Waals surface area contributed by atoms with Gasteiger partial charge in [-0.15, -0.1) is 10.2 Å². The lowest BCUT2D eigenvalue weighted by atomic mass is 10.1. The van der Waals surface area contributed by atoms with E-state index in [0.717, 1.165) is 11.3 Å². The molecule has 1 fully saturated rings. The van der Waals surface area contributed by atoms with E-state index in [1.54, 1.807) is 16.8 Å². The van der Waals surface area contributed by atoms with Gasteiger partial charge in [-0.25, -0.2) is 13.8 Å². The van der Waals surface area contributed by atoms with E-state index in [4.69, 9.17) is 0 Å². The van der Waals surface area contributed by atoms with Crippen molar-refractivity contribution in [1.82, 2.24) is 29.6 Å². The molecule has 0 atom stereocenters. The number of nitrogens with zero attached hydrogens (tertiary/aromatic N) is 6. The van der Waals surface area contributed by atoms with Crippen molar-refractivity contribution in [3.8, 4) is 23.1 Å². The average molecular weight is 433 g/mol. The van der Waals surface area contributed by atoms with Crippen LogP contribution in [0.3, 0.4) is 0 Å². The number of benzene rings is 1. The van der Waals surface area contributed by atoms with Gasteiger partial charge < -0.3 is 9.88 Å². The predicted octanol–water partition coefficient (Wildman–Crippen LogP) is 3.55. The van der Waals surface area contributed by atoms with E-state index in [2.05, 4.69) is 26.2 Å². The quantitative estimate of drug-likeness (QED) is 0.532. The Balaban J connectivity index is 1.52. The van der Waals surface area contributed by atoms with Gasteiger partial charge in [0, 0.05) is 55.0 Å². The summed E-state index contributed by atoms with van der Waals surface area (Å²) < 4.78 is 28.6. The van der Waals surface area contributed by atoms with Crippen molar-refractivity contribution >= 4 is 16.9 Å². The summed E-state index contributed by atoms with van der Waals surface area (Å²) in [6.07, 6.45) is 3.87. The molecular weight excluding hydrogens is 416 g/mol. The van der Waals surface area contributed by atoms with Crippen molar-refractivity contribution in [3.05, 3.63) is 60.2 Å². The van der Waals surface area contributed by atoms with Crippen LogP contribution in [-0.4, -0.2) is 54.6 Å². The van der Waals surface area contributed by atoms with Crippen molar-refractivity contribution in [2.75, 3.05) is 13.1 Å². The molecule has 1 aliphatic heterocycles. The van der Waals surface area contributed by atoms with Crippen molar-refractivity contribution in [1.29, 1.82) is 5.26 Å². The minimum absolute atomic E-state index is 0.00951. The lowest BCUT2D eigenvalue weighted by molar-refractivity contribution is -0.0494. The third-order valence-electron chi connectivity index (χ3n) is 5.61. The highest BCUT2D eigenvalue weighted by Gasteiger charge is 2.36. The van der Waals surface area contributed by atoms with Gasteiger partial charge in [-0.3, -0.25) is 9.36 Å². The van der Waals surface area contributed by atoms with Crippen molar-refractivity contribution < 1.29 is 13.6 Å². The van der Waals surface area contributed by atoms with Gasteiger partial charge in [0.05, 0.1) is 11.1 Å². The largest absolute Gasteiger partial charge is 0.338 e. The van der Waals surface area contributed by atoms with Crippen molar-refractivity contribution in [2.24, 2.45) is 0 Å². The number of carbonyl (C=O) groups is 1. The summed E-state index contributed by atoms with van der Waals surface area (Å²) in [5.74, 6) is -2.49. The number of aromatic amines is 1. The average Bonchev–Trinajstić information content (AvgIpc) is 3.46. The van der Waals surface area contributed by atoms with E-state index in [1.807, 2.05) is 24.3 Å². The molecule has 8 nitrogen and oxygen atoms in total. The molecule has 0 aliphatic carbocycles. The maximum atomic E-state index is 13.4. The number of fused-ring (bicyclic) bond motifs is 1. The molecule has 4 heterocycles. The Morgan fingerprint density at radius 3 is 2.75 bits per heavy atom. The minimum Gasteiger partial charge on any atom is -0.338 e. The molecule has 4 aromatic rings. The summed E-state index contributed by atoms with van der Waals surface area (Å²) in [7, 11) is 0. The Bertz CT molecular complexity index is 1340. The summed E-state index contributed by atoms with van der Waals surface area (Å²) in [4.78, 5) is 21.6. The number of likely N-dealkylation sites (tertiary alicyclic amines) is 1. The maximum absolute atomic E-state index is 13.4. The van der Waals surface area contributed by atoms with Gasteiger partial charge in [0.1, 0.15) is 18.0 Å². The fourth-order valence-corrected chi connectivity index (χ4v) is 3.88. The number of alkyl halides is 2. The smallest absolute Gasteiger partial charge is 0.255 e. The van der Waals surface area contributed by atoms with E-state index >= 15 is 0 Å². The van der Waals surface area contributed by atoms with E-state index in [-0.39, 0.29) is 37.4 Å². The van der Waals surface area contributed by atoms with Crippen LogP contribution in [0.1, 0.15) is 28.8 Å². The van der Waals surface area contributed by atoms with Gasteiger partial charge >= 0.3 is 0 Å². The number of halogens is 2. The van der Waals surface area contributed by atoms with Gasteiger partial charge in [-0.2, -0.15) is 5.26 Å². The number of amides is 1. The highest BCUT2D eigenvalue weighted by Crippen LogP contribution is 2.30. The zero-order chi connectivity index (χ0) is 22.3. The number of rotatable bonds is 3. The second kappa shape index (κ2) is 7.53. The van der Waals surface area contributed by atoms with Crippen LogP contribution in [0.4, 0.5) is 8.78 Å². The number of carbonyl (C=O) groups excluding carboxylic acids is 1. The first-order valence-corrected chi connectivity index (χ1v) is 10.0. The predicted molar refractivity (Wildman–Crippen MR) is 111 cm³/mol. The molecule has 10 heteroatoms. The standard InChI is InChI=1S/C22H17F2N7O/c23-22(24)4-6-30(7-5-22)21(32)15-9-18-16(10-25)12-31(20(18)26-11-15)17-3-1-2-14(8-17)19-27-13-28-29-19/h1-3,8-9,11-13H,4-7H2,(H,27,28,29). The summed E-state index contributed by atoms with van der Waals surface area (Å²) >= 11 is 0.